The van der Waals surface area contributed by atoms with Gasteiger partial charge >= 0.3 is 0 Å². The highest BCUT2D eigenvalue weighted by Crippen LogP contribution is 2.25. The van der Waals surface area contributed by atoms with E-state index in [4.69, 9.17) is 0 Å². The standard InChI is InChI=1S/C16H26N4S/c1-12(2)13(19(3)4)11-18-15(14-7-6-10-21-14)16-17-8-9-20(16)5/h6-10,12-13,15,18H,11H2,1-5H3. The van der Waals surface area contributed by atoms with Gasteiger partial charge < -0.3 is 14.8 Å². The molecule has 0 spiro atoms. The molecule has 2 rings (SSSR count). The number of likely N-dealkylation sites (N-methyl/N-ethyl adjacent to an activating group) is 1. The summed E-state index contributed by atoms with van der Waals surface area (Å²) in [5.74, 6) is 1.68. The molecule has 2 unspecified atom stereocenters. The van der Waals surface area contributed by atoms with Crippen molar-refractivity contribution in [3.8, 4) is 0 Å². The maximum absolute atomic E-state index is 4.53. The first kappa shape index (κ1) is 16.2. The van der Waals surface area contributed by atoms with E-state index in [-0.39, 0.29) is 6.04 Å². The second-order valence-corrected chi connectivity index (χ2v) is 7.01. The highest BCUT2D eigenvalue weighted by molar-refractivity contribution is 7.10. The molecule has 0 aromatic carbocycles. The first-order valence-corrected chi connectivity index (χ1v) is 8.29. The van der Waals surface area contributed by atoms with Crippen LogP contribution in [0.2, 0.25) is 0 Å². The van der Waals surface area contributed by atoms with Crippen molar-refractivity contribution in [2.75, 3.05) is 20.6 Å². The summed E-state index contributed by atoms with van der Waals surface area (Å²) in [4.78, 5) is 8.14. The molecule has 2 aromatic rings. The molecule has 0 amide bonds. The molecule has 5 heteroatoms. The van der Waals surface area contributed by atoms with Crippen LogP contribution in [0.1, 0.15) is 30.6 Å². The summed E-state index contributed by atoms with van der Waals surface area (Å²) < 4.78 is 2.09. The summed E-state index contributed by atoms with van der Waals surface area (Å²) in [6.45, 7) is 5.49. The third kappa shape index (κ3) is 3.93. The Morgan fingerprint density at radius 2 is 2.14 bits per heavy atom. The monoisotopic (exact) mass is 306 g/mol. The lowest BCUT2D eigenvalue weighted by molar-refractivity contribution is 0.220. The molecule has 0 aliphatic heterocycles. The SMILES string of the molecule is CC(C)C(CNC(c1cccs1)c1nccn1C)N(C)C. The van der Waals surface area contributed by atoms with Gasteiger partial charge in [0.15, 0.2) is 0 Å². The molecule has 0 bridgehead atoms. The van der Waals surface area contributed by atoms with E-state index in [9.17, 15) is 0 Å². The number of nitrogens with one attached hydrogen (secondary N) is 1. The van der Waals surface area contributed by atoms with Crippen LogP contribution in [0.3, 0.4) is 0 Å². The minimum Gasteiger partial charge on any atom is -0.336 e. The summed E-state index contributed by atoms with van der Waals surface area (Å²) >= 11 is 1.78. The number of nitrogens with zero attached hydrogens (tertiary/aromatic N) is 3. The van der Waals surface area contributed by atoms with Gasteiger partial charge in [-0.15, -0.1) is 11.3 Å². The van der Waals surface area contributed by atoms with Crippen LogP contribution >= 0.6 is 11.3 Å². The Labute approximate surface area is 131 Å². The number of hydrogen-bond acceptors (Lipinski definition) is 4. The zero-order valence-corrected chi connectivity index (χ0v) is 14.4. The van der Waals surface area contributed by atoms with Crippen LogP contribution in [0.15, 0.2) is 29.9 Å². The van der Waals surface area contributed by atoms with Crippen LogP contribution in [0.25, 0.3) is 0 Å². The zero-order chi connectivity index (χ0) is 15.4. The number of aromatic nitrogens is 2. The molecule has 2 atom stereocenters. The molecule has 0 aliphatic carbocycles. The second kappa shape index (κ2) is 7.20. The van der Waals surface area contributed by atoms with E-state index in [1.165, 1.54) is 4.88 Å². The summed E-state index contributed by atoms with van der Waals surface area (Å²) in [5.41, 5.74) is 0. The second-order valence-electron chi connectivity index (χ2n) is 6.03. The lowest BCUT2D eigenvalue weighted by Crippen LogP contribution is -2.43. The maximum Gasteiger partial charge on any atom is 0.131 e. The van der Waals surface area contributed by atoms with Crippen LogP contribution < -0.4 is 5.32 Å². The molecular weight excluding hydrogens is 280 g/mol. The van der Waals surface area contributed by atoms with Crippen LogP contribution in [0.4, 0.5) is 0 Å². The van der Waals surface area contributed by atoms with Crippen molar-refractivity contribution in [1.82, 2.24) is 19.8 Å². The number of rotatable bonds is 7. The number of thiophene rings is 1. The van der Waals surface area contributed by atoms with E-state index in [2.05, 4.69) is 72.3 Å². The summed E-state index contributed by atoms with van der Waals surface area (Å²) in [5, 5.41) is 5.84. The Morgan fingerprint density at radius 3 is 2.62 bits per heavy atom. The van der Waals surface area contributed by atoms with Crippen LogP contribution in [0.5, 0.6) is 0 Å². The van der Waals surface area contributed by atoms with Crippen molar-refractivity contribution < 1.29 is 0 Å². The fourth-order valence-corrected chi connectivity index (χ4v) is 3.48. The van der Waals surface area contributed by atoms with Crippen molar-refractivity contribution >= 4 is 11.3 Å². The van der Waals surface area contributed by atoms with Crippen LogP contribution in [0, 0.1) is 5.92 Å². The Balaban J connectivity index is 2.16. The third-order valence-electron chi connectivity index (χ3n) is 3.91. The molecule has 0 saturated heterocycles. The molecular formula is C16H26N4S. The minimum atomic E-state index is 0.159. The Morgan fingerprint density at radius 1 is 1.38 bits per heavy atom. The Kier molecular flexibility index (Phi) is 5.56. The normalized spacial score (nSPS) is 14.8. The number of hydrogen-bond donors (Lipinski definition) is 1. The van der Waals surface area contributed by atoms with E-state index < -0.39 is 0 Å². The predicted octanol–water partition coefficient (Wildman–Crippen LogP) is 2.75. The molecule has 4 nitrogen and oxygen atoms in total. The van der Waals surface area contributed by atoms with Gasteiger partial charge in [0.05, 0.1) is 0 Å². The molecule has 0 radical (unpaired) electrons. The van der Waals surface area contributed by atoms with Gasteiger partial charge in [0.25, 0.3) is 0 Å². The molecule has 0 aliphatic rings. The van der Waals surface area contributed by atoms with Crippen molar-refractivity contribution in [2.45, 2.75) is 25.9 Å². The fourth-order valence-electron chi connectivity index (χ4n) is 2.68. The van der Waals surface area contributed by atoms with Crippen LogP contribution in [-0.2, 0) is 7.05 Å². The minimum absolute atomic E-state index is 0.159. The molecule has 2 aromatic heterocycles. The van der Waals surface area contributed by atoms with Gasteiger partial charge in [0.2, 0.25) is 0 Å². The van der Waals surface area contributed by atoms with Gasteiger partial charge in [0, 0.05) is 36.9 Å². The summed E-state index contributed by atoms with van der Waals surface area (Å²) in [7, 11) is 6.34. The third-order valence-corrected chi connectivity index (χ3v) is 4.85. The summed E-state index contributed by atoms with van der Waals surface area (Å²) in [6, 6.07) is 4.94. The van der Waals surface area contributed by atoms with E-state index in [0.29, 0.717) is 12.0 Å². The Hall–Kier alpha value is -1.17. The first-order chi connectivity index (χ1) is 10.0. The predicted molar refractivity (Wildman–Crippen MR) is 89.7 cm³/mol. The van der Waals surface area contributed by atoms with E-state index in [1.54, 1.807) is 11.3 Å². The molecule has 1 N–H and O–H groups in total. The van der Waals surface area contributed by atoms with E-state index >= 15 is 0 Å². The van der Waals surface area contributed by atoms with Gasteiger partial charge in [0.1, 0.15) is 11.9 Å². The molecule has 0 saturated carbocycles. The van der Waals surface area contributed by atoms with E-state index in [1.807, 2.05) is 12.4 Å². The van der Waals surface area contributed by atoms with E-state index in [0.717, 1.165) is 12.4 Å². The number of aryl methyl sites for hydroxylation is 1. The summed E-state index contributed by atoms with van der Waals surface area (Å²) in [6.07, 6.45) is 3.87. The van der Waals surface area contributed by atoms with Crippen molar-refractivity contribution in [1.29, 1.82) is 0 Å². The quantitative estimate of drug-likeness (QED) is 0.854. The molecule has 21 heavy (non-hydrogen) atoms. The largest absolute Gasteiger partial charge is 0.336 e. The van der Waals surface area contributed by atoms with Gasteiger partial charge in [-0.25, -0.2) is 4.98 Å². The fraction of sp³-hybridized carbons (Fsp3) is 0.562. The van der Waals surface area contributed by atoms with Gasteiger partial charge in [-0.1, -0.05) is 19.9 Å². The smallest absolute Gasteiger partial charge is 0.131 e. The maximum atomic E-state index is 4.53. The lowest BCUT2D eigenvalue weighted by Gasteiger charge is -2.30. The van der Waals surface area contributed by atoms with Crippen LogP contribution in [-0.4, -0.2) is 41.1 Å². The highest BCUT2D eigenvalue weighted by Gasteiger charge is 2.22. The van der Waals surface area contributed by atoms with Gasteiger partial charge in [-0.05, 0) is 31.5 Å². The molecule has 116 valence electrons. The average Bonchev–Trinajstić information content (AvgIpc) is 3.05. The van der Waals surface area contributed by atoms with Gasteiger partial charge in [-0.2, -0.15) is 0 Å². The highest BCUT2D eigenvalue weighted by atomic mass is 32.1. The topological polar surface area (TPSA) is 33.1 Å². The van der Waals surface area contributed by atoms with Crippen molar-refractivity contribution in [3.63, 3.8) is 0 Å². The average molecular weight is 306 g/mol. The molecule has 0 fully saturated rings. The van der Waals surface area contributed by atoms with Crippen molar-refractivity contribution in [2.24, 2.45) is 13.0 Å². The zero-order valence-electron chi connectivity index (χ0n) is 13.6. The lowest BCUT2D eigenvalue weighted by atomic mass is 10.0. The van der Waals surface area contributed by atoms with Gasteiger partial charge in [-0.3, -0.25) is 0 Å². The Bertz CT molecular complexity index is 522. The van der Waals surface area contributed by atoms with Crippen molar-refractivity contribution in [3.05, 3.63) is 40.6 Å². The first-order valence-electron chi connectivity index (χ1n) is 7.41. The molecule has 2 heterocycles. The number of imidazole rings is 1.